The molecule has 0 unspecified atom stereocenters. The molecule has 0 atom stereocenters. The molecule has 0 fully saturated rings. The van der Waals surface area contributed by atoms with E-state index in [1.807, 2.05) is 0 Å². The Labute approximate surface area is 305 Å². The maximum absolute atomic E-state index is 5.44. The van der Waals surface area contributed by atoms with Crippen molar-refractivity contribution in [3.63, 3.8) is 0 Å². The molecular formula is C48H40N4. The Balaban J connectivity index is 1.16. The van der Waals surface area contributed by atoms with E-state index in [1.165, 1.54) is 44.5 Å². The number of nitrogens with zero attached hydrogens (tertiary/aromatic N) is 4. The van der Waals surface area contributed by atoms with Crippen LogP contribution in [0.25, 0.3) is 67.8 Å². The van der Waals surface area contributed by atoms with E-state index in [0.29, 0.717) is 0 Å². The Morgan fingerprint density at radius 1 is 0.385 bits per heavy atom. The van der Waals surface area contributed by atoms with Crippen molar-refractivity contribution < 1.29 is 0 Å². The molecule has 0 saturated heterocycles. The first-order valence-electron chi connectivity index (χ1n) is 18.2. The molecule has 6 aromatic carbocycles. The summed E-state index contributed by atoms with van der Waals surface area (Å²) in [7, 11) is 4.34. The van der Waals surface area contributed by atoms with Crippen LogP contribution >= 0.6 is 0 Å². The second-order valence-corrected chi connectivity index (χ2v) is 13.8. The fourth-order valence-electron chi connectivity index (χ4n) is 7.89. The van der Waals surface area contributed by atoms with E-state index in [2.05, 4.69) is 181 Å². The van der Waals surface area contributed by atoms with E-state index in [4.69, 9.17) is 9.97 Å². The van der Waals surface area contributed by atoms with Crippen LogP contribution in [0.15, 0.2) is 158 Å². The van der Waals surface area contributed by atoms with Crippen molar-refractivity contribution >= 4 is 0 Å². The van der Waals surface area contributed by atoms with Gasteiger partial charge in [0.2, 0.25) is 0 Å². The van der Waals surface area contributed by atoms with Crippen molar-refractivity contribution in [2.24, 2.45) is 14.1 Å². The molecule has 4 nitrogen and oxygen atoms in total. The van der Waals surface area contributed by atoms with Gasteiger partial charge in [0.1, 0.15) is 11.6 Å². The van der Waals surface area contributed by atoms with Gasteiger partial charge in [0.15, 0.2) is 0 Å². The smallest absolute Gasteiger partial charge is 0.141 e. The standard InChI is InChI=1S/C48H40N4/c1-51-45(39-19-11-5-12-20-39)43(37-15-7-3-8-16-37)49-47(51)41-31-33-23-24-34-26-28-36(30-29-35(41)27-25-33)42(32-34)48-50-44(38-17-9-4-10-18-38)46(52(48)2)40-21-13-6-14-22-40/h3-22,25-28,31-32H,23-24,29-30H2,1-2H3. The number of imidazole rings is 2. The second-order valence-electron chi connectivity index (χ2n) is 13.8. The minimum absolute atomic E-state index is 0.887. The Kier molecular flexibility index (Phi) is 8.21. The minimum Gasteiger partial charge on any atom is -0.327 e. The van der Waals surface area contributed by atoms with E-state index in [9.17, 15) is 0 Å². The quantitative estimate of drug-likeness (QED) is 0.176. The van der Waals surface area contributed by atoms with Crippen LogP contribution < -0.4 is 0 Å². The van der Waals surface area contributed by atoms with Crippen LogP contribution in [0.5, 0.6) is 0 Å². The molecule has 8 aromatic rings. The lowest BCUT2D eigenvalue weighted by Gasteiger charge is -2.17. The largest absolute Gasteiger partial charge is 0.327 e. The maximum atomic E-state index is 5.44. The van der Waals surface area contributed by atoms with Gasteiger partial charge in [-0.15, -0.1) is 0 Å². The van der Waals surface area contributed by atoms with Crippen molar-refractivity contribution in [2.75, 3.05) is 0 Å². The van der Waals surface area contributed by atoms with Crippen molar-refractivity contribution in [1.29, 1.82) is 0 Å². The molecule has 0 amide bonds. The third-order valence-electron chi connectivity index (χ3n) is 10.6. The van der Waals surface area contributed by atoms with Gasteiger partial charge >= 0.3 is 0 Å². The number of benzene rings is 6. The first kappa shape index (κ1) is 31.7. The van der Waals surface area contributed by atoms with E-state index in [1.54, 1.807) is 0 Å². The predicted molar refractivity (Wildman–Crippen MR) is 214 cm³/mol. The Hall–Kier alpha value is -6.26. The highest BCUT2D eigenvalue weighted by Crippen LogP contribution is 2.39. The molecule has 4 heteroatoms. The van der Waals surface area contributed by atoms with Crippen molar-refractivity contribution in [3.05, 3.63) is 180 Å². The molecule has 252 valence electrons. The molecular weight excluding hydrogens is 633 g/mol. The summed E-state index contributed by atoms with van der Waals surface area (Å²) in [5.74, 6) is 2.01. The minimum atomic E-state index is 0.887. The molecule has 0 radical (unpaired) electrons. The average molecular weight is 673 g/mol. The fourth-order valence-corrected chi connectivity index (χ4v) is 7.89. The lowest BCUT2D eigenvalue weighted by Crippen LogP contribution is -2.05. The van der Waals surface area contributed by atoms with E-state index >= 15 is 0 Å². The molecule has 12 rings (SSSR count). The van der Waals surface area contributed by atoms with Gasteiger partial charge in [-0.05, 0) is 60.1 Å². The van der Waals surface area contributed by atoms with Crippen LogP contribution in [-0.2, 0) is 39.8 Å². The van der Waals surface area contributed by atoms with Gasteiger partial charge in [-0.3, -0.25) is 0 Å². The van der Waals surface area contributed by atoms with E-state index in [-0.39, 0.29) is 0 Å². The fraction of sp³-hybridized carbons (Fsp3) is 0.125. The van der Waals surface area contributed by atoms with Gasteiger partial charge < -0.3 is 9.13 Å². The molecule has 4 bridgehead atoms. The first-order valence-corrected chi connectivity index (χ1v) is 18.2. The maximum Gasteiger partial charge on any atom is 0.141 e. The predicted octanol–water partition coefficient (Wildman–Crippen LogP) is 11.0. The van der Waals surface area contributed by atoms with Gasteiger partial charge in [0.05, 0.1) is 22.8 Å². The number of aryl methyl sites for hydroxylation is 4. The Morgan fingerprint density at radius 3 is 1.10 bits per heavy atom. The lowest BCUT2D eigenvalue weighted by atomic mass is 9.90. The summed E-state index contributed by atoms with van der Waals surface area (Å²) in [6.07, 6.45) is 3.66. The highest BCUT2D eigenvalue weighted by molar-refractivity contribution is 5.84. The summed E-state index contributed by atoms with van der Waals surface area (Å²) in [5, 5.41) is 0. The summed E-state index contributed by atoms with van der Waals surface area (Å²) < 4.78 is 4.60. The third kappa shape index (κ3) is 5.76. The first-order chi connectivity index (χ1) is 25.6. The molecule has 52 heavy (non-hydrogen) atoms. The van der Waals surface area contributed by atoms with Gasteiger partial charge in [0, 0.05) is 47.5 Å². The summed E-state index contributed by atoms with van der Waals surface area (Å²) in [6, 6.07) is 56.6. The zero-order valence-corrected chi connectivity index (χ0v) is 29.6. The van der Waals surface area contributed by atoms with Gasteiger partial charge in [-0.2, -0.15) is 0 Å². The van der Waals surface area contributed by atoms with Crippen molar-refractivity contribution in [3.8, 4) is 67.8 Å². The van der Waals surface area contributed by atoms with Crippen LogP contribution in [0.1, 0.15) is 22.3 Å². The normalized spacial score (nSPS) is 12.5. The summed E-state index contributed by atoms with van der Waals surface area (Å²) in [6.45, 7) is 0. The molecule has 2 heterocycles. The molecule has 0 aliphatic heterocycles. The Bertz CT molecular complexity index is 2330. The topological polar surface area (TPSA) is 35.6 Å². The van der Waals surface area contributed by atoms with Gasteiger partial charge in [0.25, 0.3) is 0 Å². The highest BCUT2D eigenvalue weighted by atomic mass is 15.1. The summed E-state index contributed by atoms with van der Waals surface area (Å²) >= 11 is 0. The van der Waals surface area contributed by atoms with Crippen LogP contribution in [-0.4, -0.2) is 19.1 Å². The SMILES string of the molecule is Cn1c(-c2cc3ccc2CCc2ccc(cc2-c2nc(-c4ccccc4)c(-c4ccccc4)n2C)CC3)nc(-c2ccccc2)c1-c1ccccc1. The number of hydrogen-bond acceptors (Lipinski definition) is 2. The molecule has 0 N–H and O–H groups in total. The third-order valence-corrected chi connectivity index (χ3v) is 10.6. The van der Waals surface area contributed by atoms with Crippen molar-refractivity contribution in [2.45, 2.75) is 25.7 Å². The molecule has 4 aliphatic carbocycles. The molecule has 2 aromatic heterocycles. The van der Waals surface area contributed by atoms with E-state index in [0.717, 1.165) is 71.2 Å². The molecule has 4 aliphatic rings. The lowest BCUT2D eigenvalue weighted by molar-refractivity contribution is 0.893. The van der Waals surface area contributed by atoms with Gasteiger partial charge in [-0.1, -0.05) is 146 Å². The molecule has 0 saturated carbocycles. The van der Waals surface area contributed by atoms with Crippen molar-refractivity contribution in [1.82, 2.24) is 19.1 Å². The van der Waals surface area contributed by atoms with Crippen LogP contribution in [0.2, 0.25) is 0 Å². The van der Waals surface area contributed by atoms with Gasteiger partial charge in [-0.25, -0.2) is 9.97 Å². The monoisotopic (exact) mass is 672 g/mol. The average Bonchev–Trinajstić information content (AvgIpc) is 3.73. The van der Waals surface area contributed by atoms with E-state index < -0.39 is 0 Å². The number of hydrogen-bond donors (Lipinski definition) is 0. The summed E-state index contributed by atoms with van der Waals surface area (Å²) in [4.78, 5) is 10.9. The Morgan fingerprint density at radius 2 is 0.731 bits per heavy atom. The number of rotatable bonds is 6. The highest BCUT2D eigenvalue weighted by Gasteiger charge is 2.24. The molecule has 0 spiro atoms. The van der Waals surface area contributed by atoms with Crippen LogP contribution in [0.4, 0.5) is 0 Å². The summed E-state index contributed by atoms with van der Waals surface area (Å²) in [5.41, 5.74) is 16.6. The zero-order valence-electron chi connectivity index (χ0n) is 29.6. The second kappa shape index (κ2) is 13.5. The zero-order chi connectivity index (χ0) is 35.0. The van der Waals surface area contributed by atoms with Crippen LogP contribution in [0, 0.1) is 0 Å². The van der Waals surface area contributed by atoms with Crippen LogP contribution in [0.3, 0.4) is 0 Å². The number of aromatic nitrogens is 4.